The fourth-order valence-corrected chi connectivity index (χ4v) is 4.91. The van der Waals surface area contributed by atoms with Gasteiger partial charge < -0.3 is 5.32 Å². The van der Waals surface area contributed by atoms with E-state index in [1.165, 1.54) is 83.8 Å². The lowest BCUT2D eigenvalue weighted by molar-refractivity contribution is 0.0955. The van der Waals surface area contributed by atoms with E-state index in [0.29, 0.717) is 5.41 Å². The SMILES string of the molecule is CC1(C)CCC(N2CCCNC(C3CCCCC3)C2)CC1. The molecule has 1 aliphatic heterocycles. The maximum atomic E-state index is 3.89. The van der Waals surface area contributed by atoms with Crippen LogP contribution in [0.1, 0.15) is 78.1 Å². The van der Waals surface area contributed by atoms with Gasteiger partial charge in [-0.1, -0.05) is 33.1 Å². The Morgan fingerprint density at radius 3 is 2.33 bits per heavy atom. The Kier molecular flexibility index (Phi) is 5.27. The standard InChI is InChI=1S/C19H36N2/c1-19(2)11-9-17(10-12-19)21-14-6-13-20-18(15-21)16-7-4-3-5-8-16/h16-18,20H,3-15H2,1-2H3. The Balaban J connectivity index is 1.57. The predicted octanol–water partition coefficient (Wildman–Crippen LogP) is 4.20. The van der Waals surface area contributed by atoms with E-state index in [2.05, 4.69) is 24.1 Å². The van der Waals surface area contributed by atoms with Gasteiger partial charge in [0.2, 0.25) is 0 Å². The van der Waals surface area contributed by atoms with Crippen LogP contribution in [0.3, 0.4) is 0 Å². The van der Waals surface area contributed by atoms with Crippen LogP contribution in [-0.4, -0.2) is 36.6 Å². The van der Waals surface area contributed by atoms with Gasteiger partial charge in [0.1, 0.15) is 0 Å². The molecule has 0 aromatic carbocycles. The molecule has 1 saturated heterocycles. The van der Waals surface area contributed by atoms with Crippen molar-refractivity contribution in [1.82, 2.24) is 10.2 Å². The number of rotatable bonds is 2. The third-order valence-corrected chi connectivity index (χ3v) is 6.50. The highest BCUT2D eigenvalue weighted by molar-refractivity contribution is 4.90. The second-order valence-corrected chi connectivity index (χ2v) is 8.70. The molecule has 2 nitrogen and oxygen atoms in total. The number of hydrogen-bond acceptors (Lipinski definition) is 2. The summed E-state index contributed by atoms with van der Waals surface area (Å²) in [6.07, 6.45) is 14.4. The second-order valence-electron chi connectivity index (χ2n) is 8.70. The molecule has 122 valence electrons. The summed E-state index contributed by atoms with van der Waals surface area (Å²) >= 11 is 0. The van der Waals surface area contributed by atoms with Gasteiger partial charge in [0.25, 0.3) is 0 Å². The highest BCUT2D eigenvalue weighted by atomic mass is 15.2. The van der Waals surface area contributed by atoms with Crippen molar-refractivity contribution in [3.8, 4) is 0 Å². The molecule has 0 amide bonds. The van der Waals surface area contributed by atoms with Gasteiger partial charge >= 0.3 is 0 Å². The van der Waals surface area contributed by atoms with Crippen LogP contribution < -0.4 is 5.32 Å². The fraction of sp³-hybridized carbons (Fsp3) is 1.00. The lowest BCUT2D eigenvalue weighted by atomic mass is 9.75. The summed E-state index contributed by atoms with van der Waals surface area (Å²) in [4.78, 5) is 2.87. The summed E-state index contributed by atoms with van der Waals surface area (Å²) in [6.45, 7) is 8.82. The molecule has 3 fully saturated rings. The molecule has 0 spiro atoms. The minimum absolute atomic E-state index is 0.601. The molecule has 2 saturated carbocycles. The van der Waals surface area contributed by atoms with E-state index in [4.69, 9.17) is 0 Å². The molecular formula is C19H36N2. The molecule has 0 bridgehead atoms. The molecule has 2 aliphatic carbocycles. The van der Waals surface area contributed by atoms with E-state index >= 15 is 0 Å². The third kappa shape index (κ3) is 4.22. The molecule has 0 aromatic rings. The van der Waals surface area contributed by atoms with Crippen LogP contribution in [0.15, 0.2) is 0 Å². The summed E-state index contributed by atoms with van der Waals surface area (Å²) < 4.78 is 0. The monoisotopic (exact) mass is 292 g/mol. The molecule has 1 atom stereocenters. The van der Waals surface area contributed by atoms with Crippen LogP contribution in [0.4, 0.5) is 0 Å². The molecule has 3 aliphatic rings. The molecule has 1 heterocycles. The first-order valence-corrected chi connectivity index (χ1v) is 9.61. The van der Waals surface area contributed by atoms with E-state index in [1.54, 1.807) is 0 Å². The molecule has 3 rings (SSSR count). The first kappa shape index (κ1) is 15.8. The minimum atomic E-state index is 0.601. The first-order chi connectivity index (χ1) is 10.1. The third-order valence-electron chi connectivity index (χ3n) is 6.50. The average Bonchev–Trinajstić information content (AvgIpc) is 2.74. The molecular weight excluding hydrogens is 256 g/mol. The number of hydrogen-bond donors (Lipinski definition) is 1. The largest absolute Gasteiger partial charge is 0.312 e. The zero-order valence-electron chi connectivity index (χ0n) is 14.4. The maximum Gasteiger partial charge on any atom is 0.0223 e. The van der Waals surface area contributed by atoms with Crippen LogP contribution >= 0.6 is 0 Å². The van der Waals surface area contributed by atoms with Crippen molar-refractivity contribution in [3.05, 3.63) is 0 Å². The normalized spacial score (nSPS) is 33.7. The minimum Gasteiger partial charge on any atom is -0.312 e. The van der Waals surface area contributed by atoms with Crippen LogP contribution in [0.25, 0.3) is 0 Å². The number of nitrogens with one attached hydrogen (secondary N) is 1. The van der Waals surface area contributed by atoms with E-state index in [0.717, 1.165) is 18.0 Å². The summed E-state index contributed by atoms with van der Waals surface area (Å²) in [6, 6.07) is 1.66. The van der Waals surface area contributed by atoms with E-state index in [9.17, 15) is 0 Å². The van der Waals surface area contributed by atoms with Crippen molar-refractivity contribution in [1.29, 1.82) is 0 Å². The summed E-state index contributed by atoms with van der Waals surface area (Å²) in [5, 5.41) is 3.89. The second kappa shape index (κ2) is 7.00. The molecule has 1 unspecified atom stereocenters. The van der Waals surface area contributed by atoms with Crippen LogP contribution in [0.5, 0.6) is 0 Å². The van der Waals surface area contributed by atoms with Gasteiger partial charge in [-0.3, -0.25) is 4.90 Å². The zero-order valence-corrected chi connectivity index (χ0v) is 14.4. The van der Waals surface area contributed by atoms with Crippen molar-refractivity contribution in [2.24, 2.45) is 11.3 Å². The summed E-state index contributed by atoms with van der Waals surface area (Å²) in [7, 11) is 0. The van der Waals surface area contributed by atoms with Crippen LogP contribution in [0, 0.1) is 11.3 Å². The van der Waals surface area contributed by atoms with Gasteiger partial charge in [-0.15, -0.1) is 0 Å². The lowest BCUT2D eigenvalue weighted by Gasteiger charge is -2.41. The van der Waals surface area contributed by atoms with Crippen molar-refractivity contribution in [2.75, 3.05) is 19.6 Å². The molecule has 1 N–H and O–H groups in total. The van der Waals surface area contributed by atoms with Crippen LogP contribution in [-0.2, 0) is 0 Å². The van der Waals surface area contributed by atoms with Gasteiger partial charge in [0.15, 0.2) is 0 Å². The first-order valence-electron chi connectivity index (χ1n) is 9.61. The van der Waals surface area contributed by atoms with E-state index < -0.39 is 0 Å². The Morgan fingerprint density at radius 2 is 1.62 bits per heavy atom. The smallest absolute Gasteiger partial charge is 0.0223 e. The van der Waals surface area contributed by atoms with Gasteiger partial charge in [0, 0.05) is 18.6 Å². The zero-order chi connectivity index (χ0) is 14.7. The van der Waals surface area contributed by atoms with Crippen LogP contribution in [0.2, 0.25) is 0 Å². The predicted molar refractivity (Wildman–Crippen MR) is 90.6 cm³/mol. The quantitative estimate of drug-likeness (QED) is 0.820. The Hall–Kier alpha value is -0.0800. The van der Waals surface area contributed by atoms with Crippen molar-refractivity contribution in [2.45, 2.75) is 90.1 Å². The highest BCUT2D eigenvalue weighted by Crippen LogP contribution is 2.37. The highest BCUT2D eigenvalue weighted by Gasteiger charge is 2.33. The van der Waals surface area contributed by atoms with E-state index in [1.807, 2.05) is 0 Å². The van der Waals surface area contributed by atoms with Gasteiger partial charge in [-0.2, -0.15) is 0 Å². The Bertz CT molecular complexity index is 310. The molecule has 21 heavy (non-hydrogen) atoms. The van der Waals surface area contributed by atoms with Crippen molar-refractivity contribution < 1.29 is 0 Å². The Labute approximate surface area is 132 Å². The number of nitrogens with zero attached hydrogens (tertiary/aromatic N) is 1. The molecule has 2 heteroatoms. The average molecular weight is 293 g/mol. The maximum absolute atomic E-state index is 3.89. The van der Waals surface area contributed by atoms with Gasteiger partial charge in [0.05, 0.1) is 0 Å². The summed E-state index contributed by atoms with van der Waals surface area (Å²) in [5.41, 5.74) is 0.601. The van der Waals surface area contributed by atoms with Gasteiger partial charge in [-0.05, 0) is 69.4 Å². The Morgan fingerprint density at radius 1 is 0.905 bits per heavy atom. The topological polar surface area (TPSA) is 15.3 Å². The fourth-order valence-electron chi connectivity index (χ4n) is 4.91. The van der Waals surface area contributed by atoms with E-state index in [-0.39, 0.29) is 0 Å². The molecule has 0 aromatic heterocycles. The lowest BCUT2D eigenvalue weighted by Crippen LogP contribution is -2.48. The van der Waals surface area contributed by atoms with Crippen molar-refractivity contribution in [3.63, 3.8) is 0 Å². The molecule has 0 radical (unpaired) electrons. The van der Waals surface area contributed by atoms with Crippen molar-refractivity contribution >= 4 is 0 Å². The summed E-state index contributed by atoms with van der Waals surface area (Å²) in [5.74, 6) is 0.958. The van der Waals surface area contributed by atoms with Gasteiger partial charge in [-0.25, -0.2) is 0 Å².